The number of rotatable bonds is 8. The van der Waals surface area contributed by atoms with E-state index in [4.69, 9.17) is 52.1 Å². The lowest BCUT2D eigenvalue weighted by atomic mass is 9.81. The lowest BCUT2D eigenvalue weighted by Gasteiger charge is -2.47. The molecule has 12 rings (SSSR count). The molecule has 12 bridgehead atoms. The van der Waals surface area contributed by atoms with E-state index >= 15 is 0 Å². The molecule has 10 aliphatic heterocycles. The molecule has 19 atom stereocenters. The predicted molar refractivity (Wildman–Crippen MR) is 244 cm³/mol. The van der Waals surface area contributed by atoms with Gasteiger partial charge in [-0.25, -0.2) is 9.59 Å². The first-order chi connectivity index (χ1) is 33.0. The second-order valence-electron chi connectivity index (χ2n) is 20.9. The van der Waals surface area contributed by atoms with Crippen LogP contribution in [0.3, 0.4) is 0 Å². The van der Waals surface area contributed by atoms with Gasteiger partial charge in [-0.2, -0.15) is 0 Å². The van der Waals surface area contributed by atoms with Crippen molar-refractivity contribution in [2.75, 3.05) is 13.7 Å². The van der Waals surface area contributed by atoms with Gasteiger partial charge in [-0.05, 0) is 86.3 Å². The van der Waals surface area contributed by atoms with Crippen LogP contribution in [-0.4, -0.2) is 135 Å². The highest BCUT2D eigenvalue weighted by atomic mass is 16.8. The molecule has 2 aromatic carbocycles. The summed E-state index contributed by atoms with van der Waals surface area (Å²) in [5.41, 5.74) is 2.84. The summed E-state index contributed by atoms with van der Waals surface area (Å²) in [5, 5.41) is 0. The maximum atomic E-state index is 14.6. The average molecular weight is 939 g/mol. The number of methoxy groups -OCH3 is 1. The zero-order valence-electron chi connectivity index (χ0n) is 39.2. The summed E-state index contributed by atoms with van der Waals surface area (Å²) in [6, 6.07) is 17.4. The van der Waals surface area contributed by atoms with Crippen molar-refractivity contribution < 1.29 is 66.5 Å². The highest BCUT2D eigenvalue weighted by molar-refractivity contribution is 5.90. The van der Waals surface area contributed by atoms with Gasteiger partial charge in [0.1, 0.15) is 49.0 Å². The van der Waals surface area contributed by atoms with Crippen LogP contribution in [0, 0.1) is 11.8 Å². The van der Waals surface area contributed by atoms with Gasteiger partial charge in [0.25, 0.3) is 0 Å². The lowest BCUT2D eigenvalue weighted by molar-refractivity contribution is -0.292. The third-order valence-electron chi connectivity index (χ3n) is 16.4. The molecule has 14 nitrogen and oxygen atoms in total. The fourth-order valence-corrected chi connectivity index (χ4v) is 12.9. The Labute approximate surface area is 398 Å². The van der Waals surface area contributed by atoms with Crippen LogP contribution in [0.5, 0.6) is 0 Å². The molecule has 0 aliphatic carbocycles. The fourth-order valence-electron chi connectivity index (χ4n) is 12.9. The summed E-state index contributed by atoms with van der Waals surface area (Å²) in [4.78, 5) is 41.3. The smallest absolute Gasteiger partial charge is 0.338 e. The van der Waals surface area contributed by atoms with Crippen LogP contribution in [0.2, 0.25) is 0 Å². The van der Waals surface area contributed by atoms with Crippen molar-refractivity contribution in [3.8, 4) is 0 Å². The molecule has 2 aromatic rings. The Morgan fingerprint density at radius 3 is 2.16 bits per heavy atom. The number of Topliss-reactive ketones (excluding diaryl/α,β-unsaturated/α-hetero) is 1. The van der Waals surface area contributed by atoms with Crippen LogP contribution in [0.4, 0.5) is 0 Å². The summed E-state index contributed by atoms with van der Waals surface area (Å²) < 4.78 is 73.0. The van der Waals surface area contributed by atoms with Gasteiger partial charge in [0.2, 0.25) is 0 Å². The number of ether oxygens (including phenoxy) is 11. The third kappa shape index (κ3) is 9.30. The molecule has 10 saturated heterocycles. The minimum Gasteiger partial charge on any atom is -0.458 e. The van der Waals surface area contributed by atoms with Crippen LogP contribution in [0.25, 0.3) is 0 Å². The van der Waals surface area contributed by atoms with E-state index in [1.54, 1.807) is 55.6 Å². The van der Waals surface area contributed by atoms with Crippen LogP contribution >= 0.6 is 0 Å². The molecule has 10 heterocycles. The average Bonchev–Trinajstić information content (AvgIpc) is 4.02. The molecule has 10 aliphatic rings. The molecule has 366 valence electrons. The van der Waals surface area contributed by atoms with E-state index in [2.05, 4.69) is 20.1 Å². The van der Waals surface area contributed by atoms with Crippen molar-refractivity contribution in [3.05, 3.63) is 96.1 Å². The summed E-state index contributed by atoms with van der Waals surface area (Å²) in [7, 11) is 1.62. The van der Waals surface area contributed by atoms with Crippen molar-refractivity contribution >= 4 is 17.7 Å². The molecule has 0 aromatic heterocycles. The number of fused-ring (bicyclic) bond motifs is 6. The zero-order valence-corrected chi connectivity index (χ0v) is 39.2. The first kappa shape index (κ1) is 46.5. The minimum absolute atomic E-state index is 0.00377. The maximum absolute atomic E-state index is 14.6. The van der Waals surface area contributed by atoms with Crippen LogP contribution in [0.1, 0.15) is 111 Å². The molecule has 1 spiro atoms. The van der Waals surface area contributed by atoms with Gasteiger partial charge in [-0.15, -0.1) is 0 Å². The van der Waals surface area contributed by atoms with E-state index in [0.717, 1.165) is 49.7 Å². The maximum Gasteiger partial charge on any atom is 0.338 e. The molecule has 0 saturated carbocycles. The largest absolute Gasteiger partial charge is 0.458 e. The van der Waals surface area contributed by atoms with Gasteiger partial charge in [0.15, 0.2) is 5.79 Å². The third-order valence-corrected chi connectivity index (χ3v) is 16.4. The highest BCUT2D eigenvalue weighted by Crippen LogP contribution is 2.54. The highest BCUT2D eigenvalue weighted by Gasteiger charge is 2.69. The molecule has 0 amide bonds. The molecule has 68 heavy (non-hydrogen) atoms. The lowest BCUT2D eigenvalue weighted by Crippen LogP contribution is -2.61. The molecule has 0 N–H and O–H groups in total. The number of hydrogen-bond donors (Lipinski definition) is 0. The van der Waals surface area contributed by atoms with E-state index in [-0.39, 0.29) is 105 Å². The molecule has 10 fully saturated rings. The predicted octanol–water partition coefficient (Wildman–Crippen LogP) is 7.20. The van der Waals surface area contributed by atoms with Crippen molar-refractivity contribution in [3.63, 3.8) is 0 Å². The summed E-state index contributed by atoms with van der Waals surface area (Å²) in [6.45, 7) is 11.0. The Balaban J connectivity index is 0.864. The Hall–Kier alpha value is -3.83. The van der Waals surface area contributed by atoms with Crippen molar-refractivity contribution in [1.82, 2.24) is 0 Å². The van der Waals surface area contributed by atoms with Gasteiger partial charge >= 0.3 is 11.9 Å². The van der Waals surface area contributed by atoms with E-state index in [1.165, 1.54) is 0 Å². The van der Waals surface area contributed by atoms with E-state index in [0.29, 0.717) is 36.8 Å². The Bertz CT molecular complexity index is 2180. The number of carbonyl (C=O) groups is 3. The number of hydrogen-bond acceptors (Lipinski definition) is 14. The summed E-state index contributed by atoms with van der Waals surface area (Å²) in [5.74, 6) is -2.09. The topological polar surface area (TPSA) is 153 Å². The monoisotopic (exact) mass is 938 g/mol. The van der Waals surface area contributed by atoms with Gasteiger partial charge in [0, 0.05) is 51.6 Å². The number of carbonyl (C=O) groups excluding carboxylic acids is 3. The molecule has 6 unspecified atom stereocenters. The zero-order chi connectivity index (χ0) is 46.7. The van der Waals surface area contributed by atoms with Crippen LogP contribution in [0.15, 0.2) is 85.0 Å². The molecule has 14 heteroatoms. The van der Waals surface area contributed by atoms with Crippen LogP contribution < -0.4 is 0 Å². The summed E-state index contributed by atoms with van der Waals surface area (Å²) >= 11 is 0. The number of ketones is 1. The second-order valence-corrected chi connectivity index (χ2v) is 20.9. The van der Waals surface area contributed by atoms with E-state index in [1.807, 2.05) is 12.1 Å². The Morgan fingerprint density at radius 2 is 1.38 bits per heavy atom. The van der Waals surface area contributed by atoms with Crippen molar-refractivity contribution in [2.45, 2.75) is 194 Å². The minimum atomic E-state index is -0.900. The van der Waals surface area contributed by atoms with Crippen molar-refractivity contribution in [2.24, 2.45) is 11.8 Å². The molecule has 0 radical (unpaired) electrons. The van der Waals surface area contributed by atoms with Gasteiger partial charge < -0.3 is 52.1 Å². The van der Waals surface area contributed by atoms with E-state index < -0.39 is 54.3 Å². The molecular formula is C54H66O14. The first-order valence-electron chi connectivity index (χ1n) is 25.2. The quantitative estimate of drug-likeness (QED) is 0.194. The van der Waals surface area contributed by atoms with E-state index in [9.17, 15) is 14.4 Å². The number of esters is 2. The summed E-state index contributed by atoms with van der Waals surface area (Å²) in [6.07, 6.45) is 2.39. The van der Waals surface area contributed by atoms with Gasteiger partial charge in [-0.1, -0.05) is 56.5 Å². The Morgan fingerprint density at radius 1 is 0.691 bits per heavy atom. The van der Waals surface area contributed by atoms with Gasteiger partial charge in [-0.3, -0.25) is 4.79 Å². The Kier molecular flexibility index (Phi) is 13.3. The fraction of sp³-hybridized carbons (Fsp3) is 0.648. The first-order valence-corrected chi connectivity index (χ1v) is 25.2. The van der Waals surface area contributed by atoms with Gasteiger partial charge in [0.05, 0.1) is 72.2 Å². The number of benzene rings is 2. The van der Waals surface area contributed by atoms with Crippen LogP contribution in [-0.2, 0) is 56.9 Å². The van der Waals surface area contributed by atoms with Crippen molar-refractivity contribution in [1.29, 1.82) is 0 Å². The standard InChI is InChI=1S/C54H66O14/c1-29-21-35-15-17-40-30(2)22-37(60-40)19-20-54-27-45-48(67-54)49-50(66-45)51(68-54)47-41(65-49)18-16-36(62-47)23-34(55)24-39-43(26-42(61-35)31(29)3)64-44(46(39)58-4)25-38(63-53(57)33-13-9-6-10-14-33)28-59-52(56)32-11-7-5-8-12-32/h5-14,29,35-51H,2-3,15-28H2,1,4H3/t29-,35?,36-,37?,38+,39?,40+,41+,42?,43+,44?,45?,46-,47+,48+,49+,50-,51+,54+/m1/s1. The SMILES string of the molecule is C=C1C2C[C@@H]3OC(C[C@@H](COC(=O)c4ccccc4)OC(=O)c4ccccc4)[C@H](OC)C3CC(=O)C[C@H]3CC[C@@H]4O[C@@H]5[C@H]6OC7C[C@](CCC8CC(=C)[C@H](CCC(C[C@H]1C)O2)O8)(O[C@H]6[C@H]4O3)O[C@@H]75. The molecular weight excluding hydrogens is 873 g/mol. The normalized spacial score (nSPS) is 42.5. The second kappa shape index (κ2) is 19.4.